The number of pyridine rings is 1. The van der Waals surface area contributed by atoms with Crippen LogP contribution in [0.2, 0.25) is 0 Å². The Hall–Kier alpha value is -1.76. The Morgan fingerprint density at radius 3 is 2.71 bits per heavy atom. The first-order valence-corrected chi connectivity index (χ1v) is 8.31. The van der Waals surface area contributed by atoms with Gasteiger partial charge in [0, 0.05) is 25.2 Å². The largest absolute Gasteiger partial charge is 0.326 e. The Morgan fingerprint density at radius 2 is 2.05 bits per heavy atom. The normalized spacial score (nSPS) is 17.1. The molecule has 21 heavy (non-hydrogen) atoms. The molecule has 0 bridgehead atoms. The van der Waals surface area contributed by atoms with Crippen molar-refractivity contribution in [1.29, 1.82) is 0 Å². The van der Waals surface area contributed by atoms with Crippen molar-refractivity contribution in [3.8, 4) is 0 Å². The minimum atomic E-state index is -3.56. The van der Waals surface area contributed by atoms with Crippen molar-refractivity contribution in [3.05, 3.63) is 59.3 Å². The number of aromatic nitrogens is 1. The van der Waals surface area contributed by atoms with Crippen molar-refractivity contribution < 1.29 is 8.42 Å². The van der Waals surface area contributed by atoms with E-state index in [2.05, 4.69) is 15.8 Å². The summed E-state index contributed by atoms with van der Waals surface area (Å²) < 4.78 is 27.0. The van der Waals surface area contributed by atoms with Gasteiger partial charge in [0.2, 0.25) is 0 Å². The average molecular weight is 303 g/mol. The van der Waals surface area contributed by atoms with E-state index in [1.54, 1.807) is 6.07 Å². The van der Waals surface area contributed by atoms with Crippen LogP contribution in [0.1, 0.15) is 22.6 Å². The molecule has 5 nitrogen and oxygen atoms in total. The molecular formula is C15H17N3O2S. The number of sulfonamides is 1. The molecule has 0 saturated heterocycles. The van der Waals surface area contributed by atoms with E-state index in [4.69, 9.17) is 5.73 Å². The van der Waals surface area contributed by atoms with Crippen LogP contribution in [0.15, 0.2) is 47.6 Å². The van der Waals surface area contributed by atoms with Crippen LogP contribution in [0, 0.1) is 0 Å². The lowest BCUT2D eigenvalue weighted by molar-refractivity contribution is 0.549. The lowest BCUT2D eigenvalue weighted by atomic mass is 9.78. The van der Waals surface area contributed by atoms with Crippen LogP contribution >= 0.6 is 0 Å². The van der Waals surface area contributed by atoms with E-state index in [-0.39, 0.29) is 10.9 Å². The number of fused-ring (bicyclic) bond motifs is 1. The average Bonchev–Trinajstić information content (AvgIpc) is 2.48. The Bertz CT molecular complexity index is 742. The second-order valence-corrected chi connectivity index (χ2v) is 6.87. The smallest absolute Gasteiger partial charge is 0.258 e. The summed E-state index contributed by atoms with van der Waals surface area (Å²) in [7, 11) is -3.56. The molecule has 1 aromatic carbocycles. The monoisotopic (exact) mass is 303 g/mol. The van der Waals surface area contributed by atoms with Crippen LogP contribution < -0.4 is 10.5 Å². The molecule has 3 rings (SSSR count). The summed E-state index contributed by atoms with van der Waals surface area (Å²) in [4.78, 5) is 3.96. The van der Waals surface area contributed by atoms with Gasteiger partial charge in [-0.25, -0.2) is 18.1 Å². The first-order chi connectivity index (χ1) is 10.1. The molecule has 1 atom stereocenters. The molecule has 0 aliphatic heterocycles. The molecule has 1 aliphatic carbocycles. The van der Waals surface area contributed by atoms with E-state index >= 15 is 0 Å². The maximum absolute atomic E-state index is 12.2. The van der Waals surface area contributed by atoms with Crippen molar-refractivity contribution in [1.82, 2.24) is 9.71 Å². The summed E-state index contributed by atoms with van der Waals surface area (Å²) in [6.45, 7) is 0.749. The van der Waals surface area contributed by atoms with Gasteiger partial charge in [-0.05, 0) is 29.2 Å². The highest BCUT2D eigenvalue weighted by Crippen LogP contribution is 2.34. The van der Waals surface area contributed by atoms with Crippen LogP contribution in [0.3, 0.4) is 0 Å². The third-order valence-corrected chi connectivity index (χ3v) is 5.13. The van der Waals surface area contributed by atoms with Crippen molar-refractivity contribution in [2.75, 3.05) is 6.54 Å². The van der Waals surface area contributed by atoms with E-state index in [1.807, 2.05) is 18.2 Å². The predicted molar refractivity (Wildman–Crippen MR) is 80.2 cm³/mol. The highest BCUT2D eigenvalue weighted by molar-refractivity contribution is 7.89. The van der Waals surface area contributed by atoms with Gasteiger partial charge < -0.3 is 5.73 Å². The third kappa shape index (κ3) is 2.83. The van der Waals surface area contributed by atoms with E-state index in [9.17, 15) is 8.42 Å². The number of hydrogen-bond acceptors (Lipinski definition) is 4. The lowest BCUT2D eigenvalue weighted by Crippen LogP contribution is -2.33. The molecule has 110 valence electrons. The van der Waals surface area contributed by atoms with Crippen molar-refractivity contribution >= 4 is 10.0 Å². The molecule has 0 radical (unpaired) electrons. The van der Waals surface area contributed by atoms with Gasteiger partial charge in [0.25, 0.3) is 10.0 Å². The Labute approximate surface area is 124 Å². The van der Waals surface area contributed by atoms with E-state index in [0.717, 1.165) is 12.0 Å². The maximum atomic E-state index is 12.2. The molecule has 1 unspecified atom stereocenters. The summed E-state index contributed by atoms with van der Waals surface area (Å²) in [5, 5.41) is 0.0345. The molecule has 2 aromatic rings. The van der Waals surface area contributed by atoms with Crippen molar-refractivity contribution in [3.63, 3.8) is 0 Å². The zero-order chi connectivity index (χ0) is 14.9. The summed E-state index contributed by atoms with van der Waals surface area (Å²) in [5.41, 5.74) is 8.81. The zero-order valence-electron chi connectivity index (χ0n) is 11.5. The fourth-order valence-electron chi connectivity index (χ4n) is 2.52. The highest BCUT2D eigenvalue weighted by atomic mass is 32.2. The molecule has 0 amide bonds. The number of nitrogens with one attached hydrogen (secondary N) is 1. The Kier molecular flexibility index (Phi) is 3.75. The molecule has 3 N–H and O–H groups in total. The molecule has 0 saturated carbocycles. The number of nitrogens with zero attached hydrogens (tertiary/aromatic N) is 1. The van der Waals surface area contributed by atoms with Gasteiger partial charge in [0.15, 0.2) is 5.03 Å². The fraction of sp³-hybridized carbons (Fsp3) is 0.267. The van der Waals surface area contributed by atoms with Gasteiger partial charge in [0.1, 0.15) is 0 Å². The summed E-state index contributed by atoms with van der Waals surface area (Å²) in [6.07, 6.45) is 2.41. The highest BCUT2D eigenvalue weighted by Gasteiger charge is 2.27. The summed E-state index contributed by atoms with van der Waals surface area (Å²) in [5.74, 6) is 0.249. The maximum Gasteiger partial charge on any atom is 0.258 e. The van der Waals surface area contributed by atoms with Crippen LogP contribution in [-0.4, -0.2) is 19.9 Å². The van der Waals surface area contributed by atoms with Gasteiger partial charge in [-0.2, -0.15) is 0 Å². The second-order valence-electron chi connectivity index (χ2n) is 5.16. The minimum Gasteiger partial charge on any atom is -0.326 e. The summed E-state index contributed by atoms with van der Waals surface area (Å²) >= 11 is 0. The van der Waals surface area contributed by atoms with E-state index in [0.29, 0.717) is 13.1 Å². The Morgan fingerprint density at radius 1 is 1.24 bits per heavy atom. The molecule has 1 aromatic heterocycles. The summed E-state index contributed by atoms with van der Waals surface area (Å²) in [6, 6.07) is 11.3. The quantitative estimate of drug-likeness (QED) is 0.868. The van der Waals surface area contributed by atoms with Gasteiger partial charge in [-0.3, -0.25) is 0 Å². The first-order valence-electron chi connectivity index (χ1n) is 6.82. The van der Waals surface area contributed by atoms with Crippen LogP contribution in [0.5, 0.6) is 0 Å². The minimum absolute atomic E-state index is 0.0345. The predicted octanol–water partition coefficient (Wildman–Crippen LogP) is 1.16. The zero-order valence-corrected chi connectivity index (χ0v) is 12.3. The topological polar surface area (TPSA) is 85.1 Å². The fourth-order valence-corrected chi connectivity index (χ4v) is 3.53. The molecule has 0 fully saturated rings. The number of rotatable bonds is 5. The van der Waals surface area contributed by atoms with E-state index < -0.39 is 10.0 Å². The number of hydrogen-bond donors (Lipinski definition) is 2. The molecule has 6 heteroatoms. The standard InChI is InChI=1S/C15H17N3O2S/c16-8-11-5-6-15(17-9-11)21(19,20)18-10-13-7-12-3-1-2-4-14(12)13/h1-6,9,13,18H,7-8,10,16H2. The van der Waals surface area contributed by atoms with Crippen LogP contribution in [0.4, 0.5) is 0 Å². The molecule has 0 spiro atoms. The number of benzene rings is 1. The van der Waals surface area contributed by atoms with Crippen molar-refractivity contribution in [2.24, 2.45) is 5.73 Å². The first kappa shape index (κ1) is 14.2. The van der Waals surface area contributed by atoms with Gasteiger partial charge in [0.05, 0.1) is 0 Å². The molecule has 1 heterocycles. The number of nitrogens with two attached hydrogens (primary N) is 1. The third-order valence-electron chi connectivity index (χ3n) is 3.79. The van der Waals surface area contributed by atoms with Gasteiger partial charge >= 0.3 is 0 Å². The lowest BCUT2D eigenvalue weighted by Gasteiger charge is -2.30. The van der Waals surface area contributed by atoms with Crippen LogP contribution in [0.25, 0.3) is 0 Å². The molecular weight excluding hydrogens is 286 g/mol. The Balaban J connectivity index is 1.67. The van der Waals surface area contributed by atoms with Gasteiger partial charge in [-0.15, -0.1) is 0 Å². The van der Waals surface area contributed by atoms with Gasteiger partial charge in [-0.1, -0.05) is 30.3 Å². The SMILES string of the molecule is NCc1ccc(S(=O)(=O)NCC2Cc3ccccc32)nc1. The van der Waals surface area contributed by atoms with Crippen LogP contribution in [-0.2, 0) is 23.0 Å². The molecule has 1 aliphatic rings. The second kappa shape index (κ2) is 5.55. The van der Waals surface area contributed by atoms with E-state index in [1.165, 1.54) is 23.4 Å². The van der Waals surface area contributed by atoms with Crippen molar-refractivity contribution in [2.45, 2.75) is 23.9 Å².